The van der Waals surface area contributed by atoms with Crippen LogP contribution in [-0.4, -0.2) is 63.0 Å². The third-order valence-electron chi connectivity index (χ3n) is 5.24. The highest BCUT2D eigenvalue weighted by atomic mass is 35.5. The van der Waals surface area contributed by atoms with E-state index in [-0.39, 0.29) is 17.9 Å². The van der Waals surface area contributed by atoms with Crippen LogP contribution in [0.25, 0.3) is 0 Å². The number of nitrogens with one attached hydrogen (secondary N) is 2. The summed E-state index contributed by atoms with van der Waals surface area (Å²) >= 11 is 5.64. The fourth-order valence-electron chi connectivity index (χ4n) is 3.54. The lowest BCUT2D eigenvalue weighted by atomic mass is 9.81. The Kier molecular flexibility index (Phi) is 15.0. The number of ether oxygens (including phenoxy) is 3. The van der Waals surface area contributed by atoms with Crippen LogP contribution in [0.3, 0.4) is 0 Å². The molecule has 0 radical (unpaired) electrons. The van der Waals surface area contributed by atoms with Crippen molar-refractivity contribution in [2.45, 2.75) is 77.7 Å². The number of alkyl halides is 1. The number of carbonyl (C=O) groups is 2. The van der Waals surface area contributed by atoms with Gasteiger partial charge in [-0.15, -0.1) is 11.6 Å². The Labute approximate surface area is 193 Å². The van der Waals surface area contributed by atoms with Crippen molar-refractivity contribution in [2.75, 3.05) is 45.4 Å². The fraction of sp³-hybridized carbons (Fsp3) is 0.913. The number of amides is 2. The van der Waals surface area contributed by atoms with Gasteiger partial charge in [-0.1, -0.05) is 12.8 Å². The van der Waals surface area contributed by atoms with Gasteiger partial charge in [0.05, 0.1) is 19.8 Å². The van der Waals surface area contributed by atoms with Gasteiger partial charge in [-0.05, 0) is 65.2 Å². The highest BCUT2D eigenvalue weighted by molar-refractivity contribution is 6.17. The van der Waals surface area contributed by atoms with Crippen LogP contribution in [0.5, 0.6) is 0 Å². The molecule has 0 aromatic carbocycles. The second-order valence-corrected chi connectivity index (χ2v) is 9.60. The zero-order valence-electron chi connectivity index (χ0n) is 19.7. The lowest BCUT2D eigenvalue weighted by molar-refractivity contribution is -0.126. The Morgan fingerprint density at radius 3 is 2.16 bits per heavy atom. The molecule has 1 aliphatic carbocycles. The van der Waals surface area contributed by atoms with Crippen molar-refractivity contribution in [1.29, 1.82) is 0 Å². The molecule has 31 heavy (non-hydrogen) atoms. The molecule has 0 spiro atoms. The third-order valence-corrected chi connectivity index (χ3v) is 5.51. The molecule has 0 saturated heterocycles. The predicted molar refractivity (Wildman–Crippen MR) is 124 cm³/mol. The molecule has 7 nitrogen and oxygen atoms in total. The van der Waals surface area contributed by atoms with Gasteiger partial charge in [0.2, 0.25) is 5.91 Å². The van der Waals surface area contributed by atoms with E-state index in [1.54, 1.807) is 0 Å². The number of halogens is 1. The Balaban J connectivity index is 1.97. The Morgan fingerprint density at radius 1 is 0.871 bits per heavy atom. The van der Waals surface area contributed by atoms with E-state index in [0.717, 1.165) is 63.9 Å². The van der Waals surface area contributed by atoms with E-state index in [0.29, 0.717) is 38.8 Å². The first-order chi connectivity index (χ1) is 14.8. The molecule has 0 aromatic heterocycles. The van der Waals surface area contributed by atoms with Crippen LogP contribution in [0.4, 0.5) is 4.79 Å². The van der Waals surface area contributed by atoms with Crippen LogP contribution in [0.2, 0.25) is 0 Å². The van der Waals surface area contributed by atoms with Crippen molar-refractivity contribution in [3.8, 4) is 0 Å². The monoisotopic (exact) mass is 462 g/mol. The fourth-order valence-corrected chi connectivity index (χ4v) is 3.72. The molecule has 1 rings (SSSR count). The average Bonchev–Trinajstić information content (AvgIpc) is 2.72. The van der Waals surface area contributed by atoms with Gasteiger partial charge in [0.1, 0.15) is 5.60 Å². The lowest BCUT2D eigenvalue weighted by Gasteiger charge is -2.28. The highest BCUT2D eigenvalue weighted by Gasteiger charge is 2.26. The standard InChI is InChI=1S/C23H43ClN2O5/c1-23(2,3)31-22(28)26-18-19-8-10-20(11-9-19)21(27)25-13-15-30-17-16-29-14-7-5-4-6-12-24/h19-20H,4-18H2,1-3H3,(H,25,27)(H,26,28). The molecule has 1 aliphatic rings. The van der Waals surface area contributed by atoms with Crippen LogP contribution in [0.1, 0.15) is 72.1 Å². The molecule has 1 fully saturated rings. The normalized spacial score (nSPS) is 19.1. The van der Waals surface area contributed by atoms with Crippen molar-refractivity contribution in [1.82, 2.24) is 10.6 Å². The van der Waals surface area contributed by atoms with E-state index in [1.807, 2.05) is 20.8 Å². The molecule has 2 N–H and O–H groups in total. The first-order valence-electron chi connectivity index (χ1n) is 11.8. The Hall–Kier alpha value is -1.05. The van der Waals surface area contributed by atoms with Crippen molar-refractivity contribution >= 4 is 23.6 Å². The van der Waals surface area contributed by atoms with Gasteiger partial charge in [-0.25, -0.2) is 4.79 Å². The zero-order chi connectivity index (χ0) is 23.0. The van der Waals surface area contributed by atoms with Crippen molar-refractivity contribution in [3.63, 3.8) is 0 Å². The second-order valence-electron chi connectivity index (χ2n) is 9.22. The smallest absolute Gasteiger partial charge is 0.407 e. The molecule has 182 valence electrons. The molecule has 8 heteroatoms. The lowest BCUT2D eigenvalue weighted by Crippen LogP contribution is -2.38. The summed E-state index contributed by atoms with van der Waals surface area (Å²) in [6, 6.07) is 0. The number of rotatable bonds is 15. The molecule has 0 heterocycles. The summed E-state index contributed by atoms with van der Waals surface area (Å²) < 4.78 is 16.3. The van der Waals surface area contributed by atoms with Gasteiger partial charge < -0.3 is 24.8 Å². The summed E-state index contributed by atoms with van der Waals surface area (Å²) in [6.45, 7) is 9.08. The van der Waals surface area contributed by atoms with Crippen molar-refractivity contribution < 1.29 is 23.8 Å². The molecule has 0 unspecified atom stereocenters. The number of unbranched alkanes of at least 4 members (excludes halogenated alkanes) is 3. The van der Waals surface area contributed by atoms with E-state index in [4.69, 9.17) is 25.8 Å². The van der Waals surface area contributed by atoms with Gasteiger partial charge >= 0.3 is 6.09 Å². The zero-order valence-corrected chi connectivity index (χ0v) is 20.4. The summed E-state index contributed by atoms with van der Waals surface area (Å²) in [4.78, 5) is 24.1. The number of carbonyl (C=O) groups excluding carboxylic acids is 2. The van der Waals surface area contributed by atoms with Crippen LogP contribution in [0, 0.1) is 11.8 Å². The number of hydrogen-bond donors (Lipinski definition) is 2. The maximum atomic E-state index is 12.3. The van der Waals surface area contributed by atoms with E-state index in [9.17, 15) is 9.59 Å². The molecule has 0 aromatic rings. The minimum atomic E-state index is -0.485. The molecular weight excluding hydrogens is 420 g/mol. The van der Waals surface area contributed by atoms with Gasteiger partial charge in [0.15, 0.2) is 0 Å². The maximum absolute atomic E-state index is 12.3. The summed E-state index contributed by atoms with van der Waals surface area (Å²) in [5.74, 6) is 1.30. The Morgan fingerprint density at radius 2 is 1.52 bits per heavy atom. The maximum Gasteiger partial charge on any atom is 0.407 e. The first-order valence-corrected chi connectivity index (χ1v) is 12.3. The number of hydrogen-bond acceptors (Lipinski definition) is 5. The van der Waals surface area contributed by atoms with E-state index < -0.39 is 5.60 Å². The molecular formula is C23H43ClN2O5. The SMILES string of the molecule is CC(C)(C)OC(=O)NCC1CCC(C(=O)NCCOCCOCCCCCCCl)CC1. The third kappa shape index (κ3) is 15.4. The van der Waals surface area contributed by atoms with E-state index in [1.165, 1.54) is 0 Å². The van der Waals surface area contributed by atoms with Gasteiger partial charge in [0.25, 0.3) is 0 Å². The summed E-state index contributed by atoms with van der Waals surface area (Å²) in [5.41, 5.74) is -0.485. The highest BCUT2D eigenvalue weighted by Crippen LogP contribution is 2.28. The van der Waals surface area contributed by atoms with Gasteiger partial charge in [0, 0.05) is 31.5 Å². The van der Waals surface area contributed by atoms with Crippen LogP contribution >= 0.6 is 11.6 Å². The first kappa shape index (κ1) is 28.0. The van der Waals surface area contributed by atoms with Crippen molar-refractivity contribution in [2.24, 2.45) is 11.8 Å². The quantitative estimate of drug-likeness (QED) is 0.280. The van der Waals surface area contributed by atoms with Gasteiger partial charge in [-0.2, -0.15) is 0 Å². The molecule has 0 atom stereocenters. The van der Waals surface area contributed by atoms with E-state index >= 15 is 0 Å². The minimum Gasteiger partial charge on any atom is -0.444 e. The topological polar surface area (TPSA) is 85.9 Å². The summed E-state index contributed by atoms with van der Waals surface area (Å²) in [5, 5.41) is 5.81. The average molecular weight is 463 g/mol. The van der Waals surface area contributed by atoms with Crippen LogP contribution < -0.4 is 10.6 Å². The van der Waals surface area contributed by atoms with Crippen LogP contribution in [0.15, 0.2) is 0 Å². The molecule has 0 aliphatic heterocycles. The van der Waals surface area contributed by atoms with Crippen LogP contribution in [-0.2, 0) is 19.0 Å². The Bertz CT molecular complexity index is 491. The summed E-state index contributed by atoms with van der Waals surface area (Å²) in [7, 11) is 0. The summed E-state index contributed by atoms with van der Waals surface area (Å²) in [6.07, 6.45) is 7.66. The largest absolute Gasteiger partial charge is 0.444 e. The van der Waals surface area contributed by atoms with E-state index in [2.05, 4.69) is 10.6 Å². The molecule has 2 amide bonds. The van der Waals surface area contributed by atoms with Gasteiger partial charge in [-0.3, -0.25) is 4.79 Å². The predicted octanol–water partition coefficient (Wildman–Crippen LogP) is 4.27. The number of alkyl carbamates (subject to hydrolysis) is 1. The molecule has 0 bridgehead atoms. The van der Waals surface area contributed by atoms with Crippen molar-refractivity contribution in [3.05, 3.63) is 0 Å². The minimum absolute atomic E-state index is 0.0555. The molecule has 1 saturated carbocycles. The second kappa shape index (κ2) is 16.6.